The fourth-order valence-electron chi connectivity index (χ4n) is 1.99. The predicted molar refractivity (Wildman–Crippen MR) is 54.0 cm³/mol. The summed E-state index contributed by atoms with van der Waals surface area (Å²) < 4.78 is 5.27. The molecule has 3 heteroatoms. The molecule has 3 nitrogen and oxygen atoms in total. The van der Waals surface area contributed by atoms with Crippen molar-refractivity contribution in [2.24, 2.45) is 5.92 Å². The van der Waals surface area contributed by atoms with Crippen LogP contribution in [-0.4, -0.2) is 36.2 Å². The van der Waals surface area contributed by atoms with E-state index in [2.05, 4.69) is 4.90 Å². The molecular formula is C11H17NO2. The molecule has 1 N–H and O–H groups in total. The first-order valence-electron chi connectivity index (χ1n) is 5.24. The van der Waals surface area contributed by atoms with E-state index in [0.717, 1.165) is 38.2 Å². The highest BCUT2D eigenvalue weighted by Gasteiger charge is 2.21. The number of rotatable bonds is 4. The third-order valence-electron chi connectivity index (χ3n) is 2.88. The summed E-state index contributed by atoms with van der Waals surface area (Å²) >= 11 is 0. The number of furan rings is 1. The van der Waals surface area contributed by atoms with Crippen molar-refractivity contribution >= 4 is 0 Å². The van der Waals surface area contributed by atoms with E-state index in [0.29, 0.717) is 12.5 Å². The normalized spacial score (nSPS) is 23.1. The van der Waals surface area contributed by atoms with Crippen LogP contribution in [0, 0.1) is 5.92 Å². The van der Waals surface area contributed by atoms with Gasteiger partial charge in [0.05, 0.1) is 6.26 Å². The van der Waals surface area contributed by atoms with E-state index in [-0.39, 0.29) is 0 Å². The lowest BCUT2D eigenvalue weighted by Gasteiger charge is -2.14. The average Bonchev–Trinajstić information content (AvgIpc) is 2.86. The number of nitrogens with zero attached hydrogens (tertiary/aromatic N) is 1. The Kier molecular flexibility index (Phi) is 3.22. The van der Waals surface area contributed by atoms with Crippen LogP contribution in [0.1, 0.15) is 12.2 Å². The SMILES string of the molecule is OCC1CCN(CCc2ccco2)C1. The van der Waals surface area contributed by atoms with Gasteiger partial charge in [0.1, 0.15) is 5.76 Å². The quantitative estimate of drug-likeness (QED) is 0.782. The number of aliphatic hydroxyl groups is 1. The second-order valence-corrected chi connectivity index (χ2v) is 3.97. The second-order valence-electron chi connectivity index (χ2n) is 3.97. The van der Waals surface area contributed by atoms with Crippen molar-refractivity contribution < 1.29 is 9.52 Å². The van der Waals surface area contributed by atoms with E-state index in [1.165, 1.54) is 0 Å². The summed E-state index contributed by atoms with van der Waals surface area (Å²) in [4.78, 5) is 2.39. The molecule has 0 aliphatic carbocycles. The highest BCUT2D eigenvalue weighted by atomic mass is 16.3. The zero-order chi connectivity index (χ0) is 9.80. The Bertz CT molecular complexity index is 258. The number of likely N-dealkylation sites (tertiary alicyclic amines) is 1. The van der Waals surface area contributed by atoms with Gasteiger partial charge in [-0.25, -0.2) is 0 Å². The standard InChI is InChI=1S/C11H17NO2/c13-9-10-3-5-12(8-10)6-4-11-2-1-7-14-11/h1-2,7,10,13H,3-6,8-9H2. The molecule has 1 saturated heterocycles. The lowest BCUT2D eigenvalue weighted by Crippen LogP contribution is -2.23. The minimum absolute atomic E-state index is 0.331. The molecule has 0 aromatic carbocycles. The van der Waals surface area contributed by atoms with Crippen LogP contribution in [0.15, 0.2) is 22.8 Å². The molecule has 78 valence electrons. The van der Waals surface area contributed by atoms with E-state index in [4.69, 9.17) is 9.52 Å². The highest BCUT2D eigenvalue weighted by Crippen LogP contribution is 2.15. The minimum Gasteiger partial charge on any atom is -0.469 e. The van der Waals surface area contributed by atoms with E-state index < -0.39 is 0 Å². The van der Waals surface area contributed by atoms with Gasteiger partial charge in [0.2, 0.25) is 0 Å². The van der Waals surface area contributed by atoms with Gasteiger partial charge in [-0.3, -0.25) is 0 Å². The summed E-state index contributed by atoms with van der Waals surface area (Å²) in [5.41, 5.74) is 0. The third-order valence-corrected chi connectivity index (χ3v) is 2.88. The first-order valence-corrected chi connectivity index (χ1v) is 5.24. The van der Waals surface area contributed by atoms with Gasteiger partial charge in [-0.1, -0.05) is 0 Å². The molecule has 14 heavy (non-hydrogen) atoms. The maximum absolute atomic E-state index is 8.99. The van der Waals surface area contributed by atoms with Gasteiger partial charge in [0.15, 0.2) is 0 Å². The highest BCUT2D eigenvalue weighted by molar-refractivity contribution is 4.98. The van der Waals surface area contributed by atoms with Crippen LogP contribution in [-0.2, 0) is 6.42 Å². The molecule has 1 aliphatic heterocycles. The van der Waals surface area contributed by atoms with Crippen LogP contribution < -0.4 is 0 Å². The van der Waals surface area contributed by atoms with Crippen molar-refractivity contribution in [1.82, 2.24) is 4.90 Å². The fourth-order valence-corrected chi connectivity index (χ4v) is 1.99. The maximum Gasteiger partial charge on any atom is 0.105 e. The summed E-state index contributed by atoms with van der Waals surface area (Å²) in [6.45, 7) is 3.53. The van der Waals surface area contributed by atoms with Gasteiger partial charge in [0, 0.05) is 26.1 Å². The van der Waals surface area contributed by atoms with Gasteiger partial charge in [-0.05, 0) is 31.0 Å². The Morgan fingerprint density at radius 2 is 2.50 bits per heavy atom. The first kappa shape index (κ1) is 9.74. The molecule has 0 saturated carbocycles. The van der Waals surface area contributed by atoms with Crippen LogP contribution in [0.3, 0.4) is 0 Å². The summed E-state index contributed by atoms with van der Waals surface area (Å²) in [7, 11) is 0. The monoisotopic (exact) mass is 195 g/mol. The molecule has 0 amide bonds. The topological polar surface area (TPSA) is 36.6 Å². The lowest BCUT2D eigenvalue weighted by atomic mass is 10.1. The van der Waals surface area contributed by atoms with E-state index >= 15 is 0 Å². The van der Waals surface area contributed by atoms with Crippen LogP contribution in [0.4, 0.5) is 0 Å². The van der Waals surface area contributed by atoms with E-state index in [1.54, 1.807) is 6.26 Å². The third kappa shape index (κ3) is 2.36. The van der Waals surface area contributed by atoms with Crippen molar-refractivity contribution in [1.29, 1.82) is 0 Å². The molecule has 0 spiro atoms. The Morgan fingerprint density at radius 1 is 1.57 bits per heavy atom. The molecule has 1 aromatic rings. The Labute approximate surface area is 84.3 Å². The van der Waals surface area contributed by atoms with Crippen LogP contribution in [0.25, 0.3) is 0 Å². The molecule has 1 aromatic heterocycles. The Balaban J connectivity index is 1.72. The fraction of sp³-hybridized carbons (Fsp3) is 0.636. The maximum atomic E-state index is 8.99. The smallest absolute Gasteiger partial charge is 0.105 e. The van der Waals surface area contributed by atoms with Crippen molar-refractivity contribution in [2.45, 2.75) is 12.8 Å². The minimum atomic E-state index is 0.331. The molecular weight excluding hydrogens is 178 g/mol. The molecule has 1 aliphatic rings. The summed E-state index contributed by atoms with van der Waals surface area (Å²) in [5.74, 6) is 1.55. The number of hydrogen-bond acceptors (Lipinski definition) is 3. The number of aliphatic hydroxyl groups excluding tert-OH is 1. The molecule has 2 heterocycles. The van der Waals surface area contributed by atoms with Crippen molar-refractivity contribution in [3.05, 3.63) is 24.2 Å². The Hall–Kier alpha value is -0.800. The van der Waals surface area contributed by atoms with Gasteiger partial charge in [0.25, 0.3) is 0 Å². The van der Waals surface area contributed by atoms with E-state index in [1.807, 2.05) is 12.1 Å². The molecule has 0 bridgehead atoms. The van der Waals surface area contributed by atoms with Crippen LogP contribution in [0.2, 0.25) is 0 Å². The van der Waals surface area contributed by atoms with Crippen molar-refractivity contribution in [2.75, 3.05) is 26.2 Å². The summed E-state index contributed by atoms with van der Waals surface area (Å²) in [6.07, 6.45) is 3.83. The van der Waals surface area contributed by atoms with Crippen molar-refractivity contribution in [3.63, 3.8) is 0 Å². The first-order chi connectivity index (χ1) is 6.88. The molecule has 1 fully saturated rings. The van der Waals surface area contributed by atoms with E-state index in [9.17, 15) is 0 Å². The zero-order valence-electron chi connectivity index (χ0n) is 8.35. The van der Waals surface area contributed by atoms with Gasteiger partial charge in [-0.15, -0.1) is 0 Å². The van der Waals surface area contributed by atoms with Gasteiger partial charge < -0.3 is 14.4 Å². The summed E-state index contributed by atoms with van der Waals surface area (Å²) in [5, 5.41) is 8.99. The lowest BCUT2D eigenvalue weighted by molar-refractivity contribution is 0.221. The number of hydrogen-bond donors (Lipinski definition) is 1. The summed E-state index contributed by atoms with van der Waals surface area (Å²) in [6, 6.07) is 3.94. The molecule has 1 unspecified atom stereocenters. The van der Waals surface area contributed by atoms with Gasteiger partial charge in [-0.2, -0.15) is 0 Å². The molecule has 1 atom stereocenters. The predicted octanol–water partition coefficient (Wildman–Crippen LogP) is 1.14. The Morgan fingerprint density at radius 3 is 3.14 bits per heavy atom. The molecule has 2 rings (SSSR count). The van der Waals surface area contributed by atoms with Crippen molar-refractivity contribution in [3.8, 4) is 0 Å². The largest absolute Gasteiger partial charge is 0.469 e. The molecule has 0 radical (unpaired) electrons. The zero-order valence-corrected chi connectivity index (χ0v) is 8.35. The van der Waals surface area contributed by atoms with Crippen LogP contribution in [0.5, 0.6) is 0 Å². The second kappa shape index (κ2) is 4.62. The van der Waals surface area contributed by atoms with Crippen LogP contribution >= 0.6 is 0 Å². The van der Waals surface area contributed by atoms with Gasteiger partial charge >= 0.3 is 0 Å². The average molecular weight is 195 g/mol.